The van der Waals surface area contributed by atoms with E-state index in [9.17, 15) is 4.79 Å². The molecule has 168 valence electrons. The van der Waals surface area contributed by atoms with Crippen molar-refractivity contribution in [2.24, 2.45) is 0 Å². The molecule has 1 amide bonds. The number of rotatable bonds is 6. The third kappa shape index (κ3) is 4.88. The summed E-state index contributed by atoms with van der Waals surface area (Å²) < 4.78 is 6.42. The lowest BCUT2D eigenvalue weighted by molar-refractivity contribution is -0.130. The topological polar surface area (TPSA) is 39.7 Å². The van der Waals surface area contributed by atoms with Crippen molar-refractivity contribution in [1.82, 2.24) is 14.2 Å². The Balaban J connectivity index is 1.03. The molecule has 1 aromatic heterocycles. The van der Waals surface area contributed by atoms with Crippen molar-refractivity contribution < 1.29 is 4.79 Å². The van der Waals surface area contributed by atoms with Crippen LogP contribution >= 0.6 is 23.3 Å². The minimum atomic E-state index is 0.389. The van der Waals surface area contributed by atoms with Crippen molar-refractivity contribution in [3.63, 3.8) is 0 Å². The quantitative estimate of drug-likeness (QED) is 0.580. The van der Waals surface area contributed by atoms with Crippen molar-refractivity contribution >= 4 is 45.1 Å². The first kappa shape index (κ1) is 21.5. The number of thioether (sulfide) groups is 1. The third-order valence-electron chi connectivity index (χ3n) is 7.37. The molecule has 2 aromatic rings. The molecular formula is C24H34N4OS2. The van der Waals surface area contributed by atoms with Crippen LogP contribution in [0.25, 0.3) is 10.1 Å². The predicted molar refractivity (Wildman–Crippen MR) is 132 cm³/mol. The van der Waals surface area contributed by atoms with E-state index in [2.05, 4.69) is 50.7 Å². The van der Waals surface area contributed by atoms with Crippen LogP contribution in [-0.2, 0) is 4.79 Å². The van der Waals surface area contributed by atoms with Gasteiger partial charge in [-0.3, -0.25) is 9.69 Å². The van der Waals surface area contributed by atoms with Crippen LogP contribution in [0.1, 0.15) is 51.4 Å². The maximum atomic E-state index is 12.6. The van der Waals surface area contributed by atoms with Crippen LogP contribution in [-0.4, -0.2) is 70.0 Å². The third-order valence-corrected chi connectivity index (χ3v) is 9.85. The van der Waals surface area contributed by atoms with Crippen LogP contribution in [0.2, 0.25) is 0 Å². The minimum absolute atomic E-state index is 0.389. The number of aromatic nitrogens is 1. The molecule has 7 heteroatoms. The van der Waals surface area contributed by atoms with Crippen LogP contribution < -0.4 is 4.90 Å². The molecule has 5 rings (SSSR count). The number of nitrogens with zero attached hydrogens (tertiary/aromatic N) is 4. The van der Waals surface area contributed by atoms with Crippen LogP contribution in [0.3, 0.4) is 0 Å². The Hall–Kier alpha value is -1.31. The second-order valence-corrected chi connectivity index (χ2v) is 11.6. The monoisotopic (exact) mass is 458 g/mol. The van der Waals surface area contributed by atoms with Crippen molar-refractivity contribution in [2.75, 3.05) is 50.0 Å². The fourth-order valence-electron chi connectivity index (χ4n) is 5.38. The van der Waals surface area contributed by atoms with E-state index >= 15 is 0 Å². The molecule has 1 spiro atoms. The summed E-state index contributed by atoms with van der Waals surface area (Å²) in [5, 5.41) is 1.29. The van der Waals surface area contributed by atoms with Gasteiger partial charge in [0.15, 0.2) is 0 Å². The van der Waals surface area contributed by atoms with Gasteiger partial charge < -0.3 is 9.80 Å². The molecule has 1 saturated carbocycles. The average molecular weight is 459 g/mol. The molecule has 0 atom stereocenters. The van der Waals surface area contributed by atoms with Crippen LogP contribution in [0.4, 0.5) is 5.82 Å². The molecule has 0 radical (unpaired) electrons. The van der Waals surface area contributed by atoms with Gasteiger partial charge in [0.25, 0.3) is 0 Å². The first-order valence-corrected chi connectivity index (χ1v) is 13.7. The molecule has 1 aliphatic carbocycles. The Labute approximate surface area is 194 Å². The first-order chi connectivity index (χ1) is 15.2. The number of anilines is 1. The largest absolute Gasteiger partial charge is 0.353 e. The average Bonchev–Trinajstić information content (AvgIpc) is 3.41. The second kappa shape index (κ2) is 9.67. The zero-order chi connectivity index (χ0) is 21.1. The number of hydrogen-bond donors (Lipinski definition) is 0. The molecule has 3 fully saturated rings. The summed E-state index contributed by atoms with van der Waals surface area (Å²) in [6.45, 7) is 6.39. The summed E-state index contributed by atoms with van der Waals surface area (Å²) >= 11 is 3.68. The Morgan fingerprint density at radius 1 is 0.968 bits per heavy atom. The maximum absolute atomic E-state index is 12.6. The summed E-state index contributed by atoms with van der Waals surface area (Å²) in [5.74, 6) is 2.47. The van der Waals surface area contributed by atoms with Crippen molar-refractivity contribution in [3.05, 3.63) is 24.3 Å². The molecular weight excluding hydrogens is 424 g/mol. The van der Waals surface area contributed by atoms with Gasteiger partial charge in [0.2, 0.25) is 5.91 Å². The fourth-order valence-corrected chi connectivity index (χ4v) is 7.70. The number of fused-ring (bicyclic) bond motifs is 1. The van der Waals surface area contributed by atoms with E-state index in [0.717, 1.165) is 70.2 Å². The highest BCUT2D eigenvalue weighted by atomic mass is 32.2. The molecule has 0 bridgehead atoms. The molecule has 0 N–H and O–H groups in total. The zero-order valence-electron chi connectivity index (χ0n) is 18.4. The highest BCUT2D eigenvalue weighted by Gasteiger charge is 2.38. The van der Waals surface area contributed by atoms with E-state index in [0.29, 0.717) is 10.7 Å². The van der Waals surface area contributed by atoms with Gasteiger partial charge in [-0.05, 0) is 62.3 Å². The van der Waals surface area contributed by atoms with Crippen LogP contribution in [0, 0.1) is 0 Å². The highest BCUT2D eigenvalue weighted by Crippen LogP contribution is 2.46. The SMILES string of the molecule is O=C1CCC2(CCCC2)SCN1CCCCN1CCN(c2nsc3ccccc23)CC1. The van der Waals surface area contributed by atoms with Gasteiger partial charge in [-0.2, -0.15) is 4.37 Å². The summed E-state index contributed by atoms with van der Waals surface area (Å²) in [6.07, 6.45) is 9.52. The summed E-state index contributed by atoms with van der Waals surface area (Å²) in [7, 11) is 0. The van der Waals surface area contributed by atoms with Crippen molar-refractivity contribution in [2.45, 2.75) is 56.1 Å². The normalized spacial score (nSPS) is 22.5. The lowest BCUT2D eigenvalue weighted by Gasteiger charge is -2.35. The van der Waals surface area contributed by atoms with Gasteiger partial charge >= 0.3 is 0 Å². The van der Waals surface area contributed by atoms with Crippen LogP contribution in [0.5, 0.6) is 0 Å². The molecule has 5 nitrogen and oxygen atoms in total. The number of piperazine rings is 1. The smallest absolute Gasteiger partial charge is 0.223 e. The first-order valence-electron chi connectivity index (χ1n) is 12.0. The molecule has 1 aromatic carbocycles. The molecule has 2 aliphatic heterocycles. The number of unbranched alkanes of at least 4 members (excludes halogenated alkanes) is 1. The molecule has 2 saturated heterocycles. The van der Waals surface area contributed by atoms with E-state index in [1.807, 2.05) is 0 Å². The van der Waals surface area contributed by atoms with Gasteiger partial charge in [-0.25, -0.2) is 0 Å². The highest BCUT2D eigenvalue weighted by molar-refractivity contribution is 8.00. The van der Waals surface area contributed by atoms with E-state index in [4.69, 9.17) is 4.37 Å². The summed E-state index contributed by atoms with van der Waals surface area (Å²) in [4.78, 5) is 19.8. The molecule has 3 aliphatic rings. The Morgan fingerprint density at radius 2 is 1.74 bits per heavy atom. The Kier molecular flexibility index (Phi) is 6.72. The van der Waals surface area contributed by atoms with Gasteiger partial charge in [-0.15, -0.1) is 11.8 Å². The van der Waals surface area contributed by atoms with Crippen molar-refractivity contribution in [1.29, 1.82) is 0 Å². The standard InChI is InChI=1S/C24H34N4OS2/c29-22-9-12-24(10-3-4-11-24)30-19-28(22)14-6-5-13-26-15-17-27(18-16-26)23-20-7-1-2-8-21(20)31-25-23/h1-2,7-8H,3-6,9-19H2. The number of carbonyl (C=O) groups excluding carboxylic acids is 1. The Morgan fingerprint density at radius 3 is 2.58 bits per heavy atom. The minimum Gasteiger partial charge on any atom is -0.353 e. The van der Waals surface area contributed by atoms with E-state index in [-0.39, 0.29) is 0 Å². The van der Waals surface area contributed by atoms with Gasteiger partial charge in [0.1, 0.15) is 5.82 Å². The van der Waals surface area contributed by atoms with Crippen LogP contribution in [0.15, 0.2) is 24.3 Å². The van der Waals surface area contributed by atoms with Gasteiger partial charge in [0.05, 0.1) is 10.6 Å². The van der Waals surface area contributed by atoms with Crippen molar-refractivity contribution in [3.8, 4) is 0 Å². The zero-order valence-corrected chi connectivity index (χ0v) is 20.1. The lowest BCUT2D eigenvalue weighted by atomic mass is 10.0. The summed E-state index contributed by atoms with van der Waals surface area (Å²) in [6, 6.07) is 8.55. The number of amides is 1. The summed E-state index contributed by atoms with van der Waals surface area (Å²) in [5.41, 5.74) is 0. The maximum Gasteiger partial charge on any atom is 0.223 e. The van der Waals surface area contributed by atoms with Gasteiger partial charge in [0, 0.05) is 49.3 Å². The molecule has 3 heterocycles. The molecule has 31 heavy (non-hydrogen) atoms. The van der Waals surface area contributed by atoms with Gasteiger partial charge in [-0.1, -0.05) is 25.0 Å². The second-order valence-electron chi connectivity index (χ2n) is 9.36. The van der Waals surface area contributed by atoms with E-state index in [1.54, 1.807) is 11.5 Å². The fraction of sp³-hybridized carbons (Fsp3) is 0.667. The lowest BCUT2D eigenvalue weighted by Crippen LogP contribution is -2.46. The number of hydrogen-bond acceptors (Lipinski definition) is 6. The predicted octanol–water partition coefficient (Wildman–Crippen LogP) is 4.82. The van der Waals surface area contributed by atoms with E-state index < -0.39 is 0 Å². The number of carbonyl (C=O) groups is 1. The van der Waals surface area contributed by atoms with E-state index in [1.165, 1.54) is 42.2 Å². The number of benzene rings is 1. The Bertz CT molecular complexity index is 887. The molecule has 0 unspecified atom stereocenters.